The summed E-state index contributed by atoms with van der Waals surface area (Å²) in [5, 5.41) is 7.45. The van der Waals surface area contributed by atoms with E-state index in [1.807, 2.05) is 22.9 Å². The van der Waals surface area contributed by atoms with E-state index >= 15 is 0 Å². The van der Waals surface area contributed by atoms with Gasteiger partial charge >= 0.3 is 0 Å². The molecule has 134 valence electrons. The van der Waals surface area contributed by atoms with Crippen LogP contribution in [0.2, 0.25) is 0 Å². The maximum atomic E-state index is 4.98. The molecule has 0 saturated heterocycles. The second-order valence-electron chi connectivity index (χ2n) is 7.09. The predicted molar refractivity (Wildman–Crippen MR) is 117 cm³/mol. The molecule has 0 bridgehead atoms. The highest BCUT2D eigenvalue weighted by molar-refractivity contribution is 5.87. The van der Waals surface area contributed by atoms with Crippen LogP contribution in [0.1, 0.15) is 5.56 Å². The Hall–Kier alpha value is -3.65. The Balaban J connectivity index is 1.71. The molecular weight excluding hydrogens is 340 g/mol. The van der Waals surface area contributed by atoms with Crippen LogP contribution in [0.15, 0.2) is 103 Å². The summed E-state index contributed by atoms with van der Waals surface area (Å²) < 4.78 is 2.04. The lowest BCUT2D eigenvalue weighted by Crippen LogP contribution is -1.99. The van der Waals surface area contributed by atoms with Crippen LogP contribution in [-0.2, 0) is 0 Å². The van der Waals surface area contributed by atoms with Gasteiger partial charge in [-0.1, -0.05) is 78.4 Å². The molecule has 0 unspecified atom stereocenters. The van der Waals surface area contributed by atoms with Gasteiger partial charge in [0.2, 0.25) is 0 Å². The molecule has 5 rings (SSSR count). The molecular formula is C26H20N2. The Bertz CT molecular complexity index is 1270. The summed E-state index contributed by atoms with van der Waals surface area (Å²) in [6.45, 7) is 2.12. The van der Waals surface area contributed by atoms with Crippen LogP contribution in [0, 0.1) is 6.92 Å². The third-order valence-corrected chi connectivity index (χ3v) is 5.07. The fourth-order valence-electron chi connectivity index (χ4n) is 3.65. The smallest absolute Gasteiger partial charge is 0.0934 e. The normalized spacial score (nSPS) is 11.0. The van der Waals surface area contributed by atoms with Crippen molar-refractivity contribution in [2.45, 2.75) is 6.92 Å². The van der Waals surface area contributed by atoms with Crippen LogP contribution in [0.3, 0.4) is 0 Å². The SMILES string of the molecule is Cc1cccc(-c2cc(-c3ccc4ccccc4c3)nn2-c2ccccc2)c1. The van der Waals surface area contributed by atoms with Crippen LogP contribution in [-0.4, -0.2) is 9.78 Å². The molecule has 0 fully saturated rings. The van der Waals surface area contributed by atoms with Gasteiger partial charge in [-0.3, -0.25) is 0 Å². The summed E-state index contributed by atoms with van der Waals surface area (Å²) >= 11 is 0. The first-order valence-electron chi connectivity index (χ1n) is 9.50. The lowest BCUT2D eigenvalue weighted by molar-refractivity contribution is 0.892. The first-order valence-corrected chi connectivity index (χ1v) is 9.50. The fourth-order valence-corrected chi connectivity index (χ4v) is 3.65. The molecule has 0 aliphatic carbocycles. The molecule has 0 atom stereocenters. The average molecular weight is 360 g/mol. The molecule has 0 radical (unpaired) electrons. The molecule has 0 saturated carbocycles. The standard InChI is InChI=1S/C26H20N2/c1-19-8-7-11-23(16-19)26-18-25(27-28(26)24-12-3-2-4-13-24)22-15-14-20-9-5-6-10-21(20)17-22/h2-18H,1H3. The van der Waals surface area contributed by atoms with Crippen molar-refractivity contribution in [1.82, 2.24) is 9.78 Å². The predicted octanol–water partition coefficient (Wildman–Crippen LogP) is 6.67. The van der Waals surface area contributed by atoms with Gasteiger partial charge in [0.15, 0.2) is 0 Å². The topological polar surface area (TPSA) is 17.8 Å². The molecule has 0 N–H and O–H groups in total. The Morgan fingerprint density at radius 3 is 2.21 bits per heavy atom. The van der Waals surface area contributed by atoms with Gasteiger partial charge in [0, 0.05) is 11.1 Å². The van der Waals surface area contributed by atoms with E-state index in [4.69, 9.17) is 5.10 Å². The Morgan fingerprint density at radius 1 is 0.607 bits per heavy atom. The number of hydrogen-bond acceptors (Lipinski definition) is 1. The first kappa shape index (κ1) is 16.5. The van der Waals surface area contributed by atoms with Crippen molar-refractivity contribution in [2.24, 2.45) is 0 Å². The second kappa shape index (κ2) is 6.82. The third kappa shape index (κ3) is 2.99. The van der Waals surface area contributed by atoms with Gasteiger partial charge < -0.3 is 0 Å². The zero-order valence-corrected chi connectivity index (χ0v) is 15.7. The zero-order valence-electron chi connectivity index (χ0n) is 15.7. The van der Waals surface area contributed by atoms with Gasteiger partial charge in [0.25, 0.3) is 0 Å². The Labute approximate surface area is 164 Å². The molecule has 0 spiro atoms. The quantitative estimate of drug-likeness (QED) is 0.351. The first-order chi connectivity index (χ1) is 13.8. The molecule has 2 heteroatoms. The van der Waals surface area contributed by atoms with Gasteiger partial charge in [-0.25, -0.2) is 4.68 Å². The van der Waals surface area contributed by atoms with Crippen LogP contribution < -0.4 is 0 Å². The van der Waals surface area contributed by atoms with E-state index in [0.29, 0.717) is 0 Å². The van der Waals surface area contributed by atoms with Crippen molar-refractivity contribution in [3.63, 3.8) is 0 Å². The average Bonchev–Trinajstić information content (AvgIpc) is 3.20. The molecule has 0 amide bonds. The molecule has 1 aromatic heterocycles. The van der Waals surface area contributed by atoms with Crippen molar-refractivity contribution >= 4 is 10.8 Å². The van der Waals surface area contributed by atoms with Crippen molar-refractivity contribution < 1.29 is 0 Å². The summed E-state index contributed by atoms with van der Waals surface area (Å²) in [6.07, 6.45) is 0. The molecule has 5 aromatic rings. The monoisotopic (exact) mass is 360 g/mol. The highest BCUT2D eigenvalue weighted by atomic mass is 15.3. The number of aromatic nitrogens is 2. The van der Waals surface area contributed by atoms with Crippen LogP contribution in [0.5, 0.6) is 0 Å². The number of fused-ring (bicyclic) bond motifs is 1. The number of rotatable bonds is 3. The van der Waals surface area contributed by atoms with E-state index < -0.39 is 0 Å². The minimum Gasteiger partial charge on any atom is -0.232 e. The van der Waals surface area contributed by atoms with Crippen molar-refractivity contribution in [3.8, 4) is 28.2 Å². The van der Waals surface area contributed by atoms with Gasteiger partial charge in [0.1, 0.15) is 0 Å². The van der Waals surface area contributed by atoms with E-state index in [9.17, 15) is 0 Å². The minimum absolute atomic E-state index is 0.978. The van der Waals surface area contributed by atoms with Crippen molar-refractivity contribution in [2.75, 3.05) is 0 Å². The van der Waals surface area contributed by atoms with Gasteiger partial charge in [0.05, 0.1) is 17.1 Å². The molecule has 0 aliphatic heterocycles. The van der Waals surface area contributed by atoms with Crippen molar-refractivity contribution in [3.05, 3.63) is 109 Å². The summed E-state index contributed by atoms with van der Waals surface area (Å²) in [4.78, 5) is 0. The summed E-state index contributed by atoms with van der Waals surface area (Å²) in [5.74, 6) is 0. The number of nitrogens with zero attached hydrogens (tertiary/aromatic N) is 2. The van der Waals surface area contributed by atoms with E-state index in [0.717, 1.165) is 22.6 Å². The van der Waals surface area contributed by atoms with Gasteiger partial charge in [-0.2, -0.15) is 5.10 Å². The minimum atomic E-state index is 0.978. The second-order valence-corrected chi connectivity index (χ2v) is 7.09. The lowest BCUT2D eigenvalue weighted by Gasteiger charge is -2.08. The Morgan fingerprint density at radius 2 is 1.39 bits per heavy atom. The summed E-state index contributed by atoms with van der Waals surface area (Å²) in [7, 11) is 0. The maximum Gasteiger partial charge on any atom is 0.0934 e. The molecule has 4 aromatic carbocycles. The highest BCUT2D eigenvalue weighted by Gasteiger charge is 2.13. The van der Waals surface area contributed by atoms with Crippen molar-refractivity contribution in [1.29, 1.82) is 0 Å². The van der Waals surface area contributed by atoms with E-state index in [-0.39, 0.29) is 0 Å². The maximum absolute atomic E-state index is 4.98. The zero-order chi connectivity index (χ0) is 18.9. The number of aryl methyl sites for hydroxylation is 1. The summed E-state index contributed by atoms with van der Waals surface area (Å²) in [6, 6.07) is 36.0. The molecule has 2 nitrogen and oxygen atoms in total. The molecule has 1 heterocycles. The number of hydrogen-bond donors (Lipinski definition) is 0. The number of benzene rings is 4. The van der Waals surface area contributed by atoms with E-state index in [1.165, 1.54) is 21.9 Å². The lowest BCUT2D eigenvalue weighted by atomic mass is 10.0. The largest absolute Gasteiger partial charge is 0.232 e. The molecule has 28 heavy (non-hydrogen) atoms. The highest BCUT2D eigenvalue weighted by Crippen LogP contribution is 2.30. The van der Waals surface area contributed by atoms with Gasteiger partial charge in [-0.05, 0) is 48.0 Å². The van der Waals surface area contributed by atoms with Crippen LogP contribution in [0.25, 0.3) is 39.0 Å². The van der Waals surface area contributed by atoms with Crippen LogP contribution >= 0.6 is 0 Å². The molecule has 0 aliphatic rings. The third-order valence-electron chi connectivity index (χ3n) is 5.07. The van der Waals surface area contributed by atoms with E-state index in [1.54, 1.807) is 0 Å². The van der Waals surface area contributed by atoms with Gasteiger partial charge in [-0.15, -0.1) is 0 Å². The summed E-state index contributed by atoms with van der Waals surface area (Å²) in [5.41, 5.74) is 6.67. The van der Waals surface area contributed by atoms with Crippen LogP contribution in [0.4, 0.5) is 0 Å². The van der Waals surface area contributed by atoms with E-state index in [2.05, 4.69) is 91.9 Å². The fraction of sp³-hybridized carbons (Fsp3) is 0.0385. The Kier molecular flexibility index (Phi) is 4.02. The number of para-hydroxylation sites is 1.